The minimum atomic E-state index is -4.01. The molecule has 4 rings (SSSR count). The summed E-state index contributed by atoms with van der Waals surface area (Å²) in [6.45, 7) is 0.0692. The maximum absolute atomic E-state index is 13.4. The molecule has 10 nitrogen and oxygen atoms in total. The number of carbonyl (C=O) groups is 3. The van der Waals surface area contributed by atoms with Crippen molar-refractivity contribution in [1.82, 2.24) is 14.5 Å². The number of amides is 3. The lowest BCUT2D eigenvalue weighted by Crippen LogP contribution is -2.37. The van der Waals surface area contributed by atoms with Gasteiger partial charge in [0.2, 0.25) is 10.0 Å². The fourth-order valence-corrected chi connectivity index (χ4v) is 6.24. The van der Waals surface area contributed by atoms with Gasteiger partial charge in [-0.25, -0.2) is 8.42 Å². The zero-order chi connectivity index (χ0) is 29.6. The Labute approximate surface area is 243 Å². The smallest absolute Gasteiger partial charge is 0.293 e. The van der Waals surface area contributed by atoms with Crippen LogP contribution >= 0.6 is 11.8 Å². The number of sulfonamides is 1. The third-order valence-corrected chi connectivity index (χ3v) is 9.00. The minimum absolute atomic E-state index is 0.0191. The Balaban J connectivity index is 1.41. The SMILES string of the molecule is COc1ccc(/C=C2\SC(=O)N(CCNC(=O)c3ccc(OC)c(S(=O)(=O)N(C)Cc4ccccc4)c3)C2=O)cc1. The number of imide groups is 1. The van der Waals surface area contributed by atoms with E-state index >= 15 is 0 Å². The van der Waals surface area contributed by atoms with Gasteiger partial charge in [-0.15, -0.1) is 0 Å². The zero-order valence-electron chi connectivity index (χ0n) is 22.7. The van der Waals surface area contributed by atoms with E-state index in [1.165, 1.54) is 36.7 Å². The lowest BCUT2D eigenvalue weighted by Gasteiger charge is -2.19. The van der Waals surface area contributed by atoms with Crippen molar-refractivity contribution in [2.24, 2.45) is 0 Å². The van der Waals surface area contributed by atoms with Gasteiger partial charge >= 0.3 is 0 Å². The third kappa shape index (κ3) is 6.96. The number of ether oxygens (including phenoxy) is 2. The number of methoxy groups -OCH3 is 2. The molecule has 0 aliphatic carbocycles. The maximum Gasteiger partial charge on any atom is 0.293 e. The summed E-state index contributed by atoms with van der Waals surface area (Å²) in [4.78, 5) is 39.3. The van der Waals surface area contributed by atoms with Gasteiger partial charge in [-0.05, 0) is 59.3 Å². The Bertz CT molecular complexity index is 1570. The monoisotopic (exact) mass is 595 g/mol. The lowest BCUT2D eigenvalue weighted by molar-refractivity contribution is -0.122. The predicted octanol–water partition coefficient (Wildman–Crippen LogP) is 3.99. The standard InChI is InChI=1S/C29H29N3O7S2/c1-31(19-21-7-5-4-6-8-21)41(36,37)26-18-22(11-14-24(26)39-3)27(33)30-15-16-32-28(34)25(40-29(32)35)17-20-9-12-23(38-2)13-10-20/h4-14,17-18H,15-16,19H2,1-3H3,(H,30,33)/b25-17-. The Hall–Kier alpha value is -4.13. The van der Waals surface area contributed by atoms with Crippen LogP contribution in [0.15, 0.2) is 82.6 Å². The summed E-state index contributed by atoms with van der Waals surface area (Å²) >= 11 is 0.823. The largest absolute Gasteiger partial charge is 0.497 e. The summed E-state index contributed by atoms with van der Waals surface area (Å²) in [6.07, 6.45) is 1.62. The first-order chi connectivity index (χ1) is 19.6. The second-order valence-electron chi connectivity index (χ2n) is 8.97. The van der Waals surface area contributed by atoms with Crippen LogP contribution in [0.1, 0.15) is 21.5 Å². The molecule has 3 amide bonds. The van der Waals surface area contributed by atoms with Crippen LogP contribution in [0, 0.1) is 0 Å². The molecule has 0 atom stereocenters. The zero-order valence-corrected chi connectivity index (χ0v) is 24.3. The highest BCUT2D eigenvalue weighted by Gasteiger charge is 2.34. The van der Waals surface area contributed by atoms with E-state index in [9.17, 15) is 22.8 Å². The number of nitrogens with zero attached hydrogens (tertiary/aromatic N) is 2. The van der Waals surface area contributed by atoms with Crippen molar-refractivity contribution < 1.29 is 32.3 Å². The molecule has 1 aliphatic heterocycles. The molecule has 1 saturated heterocycles. The van der Waals surface area contributed by atoms with Crippen LogP contribution < -0.4 is 14.8 Å². The van der Waals surface area contributed by atoms with Crippen molar-refractivity contribution in [3.05, 3.63) is 94.4 Å². The summed E-state index contributed by atoms with van der Waals surface area (Å²) in [6, 6.07) is 20.3. The molecule has 1 heterocycles. The highest BCUT2D eigenvalue weighted by atomic mass is 32.2. The summed E-state index contributed by atoms with van der Waals surface area (Å²) < 4.78 is 38.3. The average molecular weight is 596 g/mol. The van der Waals surface area contributed by atoms with Gasteiger partial charge in [0.05, 0.1) is 19.1 Å². The molecule has 3 aromatic carbocycles. The predicted molar refractivity (Wildman–Crippen MR) is 156 cm³/mol. The maximum atomic E-state index is 13.4. The van der Waals surface area contributed by atoms with Crippen LogP contribution in [0.4, 0.5) is 4.79 Å². The Morgan fingerprint density at radius 1 is 1.00 bits per heavy atom. The first kappa shape index (κ1) is 29.8. The van der Waals surface area contributed by atoms with Crippen LogP contribution in [0.25, 0.3) is 6.08 Å². The number of hydrogen-bond acceptors (Lipinski definition) is 8. The molecule has 0 radical (unpaired) electrons. The first-order valence-electron chi connectivity index (χ1n) is 12.5. The number of benzene rings is 3. The summed E-state index contributed by atoms with van der Waals surface area (Å²) in [7, 11) is 0.355. The number of thioether (sulfide) groups is 1. The molecule has 1 N–H and O–H groups in total. The lowest BCUT2D eigenvalue weighted by atomic mass is 10.2. The quantitative estimate of drug-likeness (QED) is 0.330. The van der Waals surface area contributed by atoms with E-state index in [2.05, 4.69) is 5.32 Å². The molecule has 0 unspecified atom stereocenters. The van der Waals surface area contributed by atoms with Crippen molar-refractivity contribution in [1.29, 1.82) is 0 Å². The molecule has 0 saturated carbocycles. The van der Waals surface area contributed by atoms with Gasteiger partial charge in [0.15, 0.2) is 0 Å². The normalized spacial score (nSPS) is 14.5. The van der Waals surface area contributed by atoms with Crippen molar-refractivity contribution >= 4 is 44.9 Å². The molecular weight excluding hydrogens is 566 g/mol. The van der Waals surface area contributed by atoms with Gasteiger partial charge in [0.25, 0.3) is 17.1 Å². The Kier molecular flexibility index (Phi) is 9.48. The number of rotatable bonds is 11. The van der Waals surface area contributed by atoms with Gasteiger partial charge in [0.1, 0.15) is 16.4 Å². The summed E-state index contributed by atoms with van der Waals surface area (Å²) in [5, 5.41) is 2.21. The van der Waals surface area contributed by atoms with E-state index in [0.717, 1.165) is 27.8 Å². The second-order valence-corrected chi connectivity index (χ2v) is 12.0. The molecule has 41 heavy (non-hydrogen) atoms. The third-order valence-electron chi connectivity index (χ3n) is 6.27. The average Bonchev–Trinajstić information content (AvgIpc) is 3.24. The highest BCUT2D eigenvalue weighted by Crippen LogP contribution is 2.32. The van der Waals surface area contributed by atoms with Crippen LogP contribution in [-0.2, 0) is 21.4 Å². The van der Waals surface area contributed by atoms with E-state index < -0.39 is 27.1 Å². The van der Waals surface area contributed by atoms with Gasteiger partial charge in [-0.3, -0.25) is 19.3 Å². The van der Waals surface area contributed by atoms with Crippen molar-refractivity contribution in [3.63, 3.8) is 0 Å². The molecule has 0 bridgehead atoms. The summed E-state index contributed by atoms with van der Waals surface area (Å²) in [5.74, 6) is -0.241. The first-order valence-corrected chi connectivity index (χ1v) is 14.8. The summed E-state index contributed by atoms with van der Waals surface area (Å²) in [5.41, 5.74) is 1.63. The van der Waals surface area contributed by atoms with Crippen LogP contribution in [-0.4, -0.2) is 69.0 Å². The van der Waals surface area contributed by atoms with Crippen LogP contribution in [0.3, 0.4) is 0 Å². The molecule has 214 valence electrons. The fourth-order valence-electron chi connectivity index (χ4n) is 4.04. The Morgan fingerprint density at radius 2 is 1.71 bits per heavy atom. The minimum Gasteiger partial charge on any atom is -0.497 e. The molecule has 0 spiro atoms. The van der Waals surface area contributed by atoms with Crippen molar-refractivity contribution in [2.75, 3.05) is 34.4 Å². The molecule has 1 aliphatic rings. The highest BCUT2D eigenvalue weighted by molar-refractivity contribution is 8.18. The number of hydrogen-bond donors (Lipinski definition) is 1. The molecule has 3 aromatic rings. The second kappa shape index (κ2) is 13.0. The molecule has 12 heteroatoms. The van der Waals surface area contributed by atoms with E-state index in [0.29, 0.717) is 5.75 Å². The van der Waals surface area contributed by atoms with E-state index in [1.807, 2.05) is 30.3 Å². The van der Waals surface area contributed by atoms with E-state index in [-0.39, 0.29) is 40.7 Å². The molecule has 0 aromatic heterocycles. The van der Waals surface area contributed by atoms with Crippen LogP contribution in [0.2, 0.25) is 0 Å². The van der Waals surface area contributed by atoms with Crippen molar-refractivity contribution in [2.45, 2.75) is 11.4 Å². The topological polar surface area (TPSA) is 122 Å². The van der Waals surface area contributed by atoms with Gasteiger partial charge in [0, 0.05) is 32.2 Å². The number of carbonyl (C=O) groups excluding carboxylic acids is 3. The molecule has 1 fully saturated rings. The number of nitrogens with one attached hydrogen (secondary N) is 1. The fraction of sp³-hybridized carbons (Fsp3) is 0.207. The molecular formula is C29H29N3O7S2. The van der Waals surface area contributed by atoms with Crippen molar-refractivity contribution in [3.8, 4) is 11.5 Å². The van der Waals surface area contributed by atoms with Crippen LogP contribution in [0.5, 0.6) is 11.5 Å². The van der Waals surface area contributed by atoms with Gasteiger partial charge < -0.3 is 14.8 Å². The van der Waals surface area contributed by atoms with E-state index in [1.54, 1.807) is 37.5 Å². The Morgan fingerprint density at radius 3 is 2.37 bits per heavy atom. The van der Waals surface area contributed by atoms with Gasteiger partial charge in [-0.2, -0.15) is 4.31 Å². The van der Waals surface area contributed by atoms with E-state index in [4.69, 9.17) is 9.47 Å². The van der Waals surface area contributed by atoms with Gasteiger partial charge in [-0.1, -0.05) is 42.5 Å².